The molecule has 20 heterocycles. The molecule has 2 N–H and O–H groups in total. The number of rotatable bonds is 19. The normalized spacial score (nSPS) is 14.5. The number of fused-ring (bicyclic) bond motifs is 5. The number of piperidine rings is 2. The smallest absolute Gasteiger partial charge is 0.147 e. The van der Waals surface area contributed by atoms with Gasteiger partial charge in [-0.3, -0.25) is 57.6 Å². The summed E-state index contributed by atoms with van der Waals surface area (Å²) in [4.78, 5) is 82.8. The maximum Gasteiger partial charge on any atom is 0.147 e. The molecule has 20 aromatic rings. The maximum absolute atomic E-state index is 13.5. The third-order valence-electron chi connectivity index (χ3n) is 26.2. The Balaban J connectivity index is 0.000000105. The lowest BCUT2D eigenvalue weighted by molar-refractivity contribution is 0.0398. The fourth-order valence-corrected chi connectivity index (χ4v) is 18.3. The molecule has 0 bridgehead atoms. The van der Waals surface area contributed by atoms with E-state index in [1.807, 2.05) is 126 Å². The van der Waals surface area contributed by atoms with Gasteiger partial charge < -0.3 is 30.1 Å². The predicted octanol–water partition coefficient (Wildman–Crippen LogP) is 21.2. The van der Waals surface area contributed by atoms with Crippen molar-refractivity contribution in [3.8, 4) is 85.4 Å². The maximum atomic E-state index is 13.5. The van der Waals surface area contributed by atoms with Crippen molar-refractivity contribution in [1.82, 2.24) is 107 Å². The zero-order valence-electron chi connectivity index (χ0n) is 79.1. The van der Waals surface area contributed by atoms with Crippen LogP contribution in [-0.4, -0.2) is 192 Å². The van der Waals surface area contributed by atoms with Crippen molar-refractivity contribution in [2.75, 3.05) is 104 Å². The molecule has 5 aliphatic rings. The van der Waals surface area contributed by atoms with Crippen LogP contribution in [0.5, 0.6) is 0 Å². The van der Waals surface area contributed by atoms with E-state index in [0.29, 0.717) is 6.04 Å². The van der Waals surface area contributed by atoms with Crippen LogP contribution in [0.3, 0.4) is 0 Å². The molecule has 0 unspecified atom stereocenters. The van der Waals surface area contributed by atoms with Gasteiger partial charge in [0.15, 0.2) is 0 Å². The van der Waals surface area contributed by atoms with E-state index < -0.39 is 0 Å². The molecule has 141 heavy (non-hydrogen) atoms. The number of nitrogens with one attached hydrogen (secondary N) is 2. The molecule has 4 aliphatic heterocycles. The molecule has 1 saturated carbocycles. The van der Waals surface area contributed by atoms with Crippen molar-refractivity contribution in [3.05, 3.63) is 328 Å². The highest BCUT2D eigenvalue weighted by molar-refractivity contribution is 5.87. The molecule has 30 heteroatoms. The van der Waals surface area contributed by atoms with Crippen LogP contribution in [0.1, 0.15) is 81.5 Å². The van der Waals surface area contributed by atoms with Gasteiger partial charge in [0.1, 0.15) is 69.8 Å². The second-order valence-corrected chi connectivity index (χ2v) is 36.2. The number of ether oxygens (including phenoxy) is 1. The van der Waals surface area contributed by atoms with Gasteiger partial charge in [0, 0.05) is 190 Å². The topological polar surface area (TPSA) is 277 Å². The first-order valence-electron chi connectivity index (χ1n) is 48.4. The molecule has 16 aromatic heterocycles. The van der Waals surface area contributed by atoms with Crippen LogP contribution < -0.4 is 25.3 Å². The molecule has 0 spiro atoms. The van der Waals surface area contributed by atoms with E-state index >= 15 is 0 Å². The van der Waals surface area contributed by atoms with Gasteiger partial charge in [-0.05, 0) is 260 Å². The number of pyridine rings is 11. The van der Waals surface area contributed by atoms with Gasteiger partial charge in [-0.1, -0.05) is 42.3 Å². The molecule has 706 valence electrons. The minimum Gasteiger partial charge on any atom is -0.379 e. The van der Waals surface area contributed by atoms with Crippen molar-refractivity contribution in [1.29, 1.82) is 0 Å². The van der Waals surface area contributed by atoms with Crippen molar-refractivity contribution >= 4 is 84.3 Å². The predicted molar refractivity (Wildman–Crippen MR) is 553 cm³/mol. The molecule has 0 amide bonds. The minimum absolute atomic E-state index is 0.264. The number of aromatic nitrogens is 21. The summed E-state index contributed by atoms with van der Waals surface area (Å²) >= 11 is 0. The molecule has 28 nitrogen and oxygen atoms in total. The van der Waals surface area contributed by atoms with Crippen molar-refractivity contribution in [2.45, 2.75) is 91.5 Å². The number of morpholine rings is 1. The summed E-state index contributed by atoms with van der Waals surface area (Å²) in [7, 11) is 0. The van der Waals surface area contributed by atoms with Gasteiger partial charge in [0.25, 0.3) is 0 Å². The third kappa shape index (κ3) is 20.8. The standard InChI is InChI=1S/C24H25N5.C23H23FN6O.C22H20FN5.C21H20N6.C21H19N5/c1-17-3-6-20(7-4-17)29-22-16-25-12-9-21(22)27-24(29)19-5-8-23(26-15-19)28-13-10-18(2)11-14-28;24-18-2-4-19(5-3-18)30-21-16-25-8-7-20(21)28-23(30)17-1-6-22(27-15-17)26-9-10-29-11-13-31-14-12-29;23-17-5-7-18(8-6-17)28-20-15-24-11-10-19(20)26-22(28)16-4-9-21(25-14-16)27-12-2-1-3-13-27;1-15-4-6-17(13-23-15)27-19-14-22-9-8-18(19)25-21(27)16-5-7-20(24-12-16)26-10-2-3-11-26;1-14-2-7-17(8-3-14)26-19-13-22-11-10-18(19)25-21(26)15-4-9-20(23-12-15)24-16-5-6-16/h3-9,12,15-16,18H,10-11,13-14H2,1-2H3;1-8,15-16H,9-14H2,(H,26,27);4-11,14-15H,1-3,12-13H2;4-9,12-14H,2-3,10-11H2,1H3;2-4,7-13,16H,5-6H2,1H3,(H,23,24). The van der Waals surface area contributed by atoms with E-state index in [1.165, 1.54) is 93.2 Å². The number of nitrogens with zero attached hydrogens (tertiary/aromatic N) is 25. The lowest BCUT2D eigenvalue weighted by Gasteiger charge is -2.31. The van der Waals surface area contributed by atoms with Crippen LogP contribution in [0, 0.1) is 38.3 Å². The van der Waals surface area contributed by atoms with E-state index in [-0.39, 0.29) is 11.6 Å². The van der Waals surface area contributed by atoms with E-state index in [2.05, 4.69) is 202 Å². The van der Waals surface area contributed by atoms with Crippen LogP contribution in [0.15, 0.2) is 299 Å². The largest absolute Gasteiger partial charge is 0.379 e. The first-order valence-corrected chi connectivity index (χ1v) is 48.4. The molecular formula is C111H107F2N27O. The van der Waals surface area contributed by atoms with E-state index in [9.17, 15) is 8.78 Å². The summed E-state index contributed by atoms with van der Waals surface area (Å²) < 4.78 is 42.7. The minimum atomic E-state index is -0.276. The highest BCUT2D eigenvalue weighted by Gasteiger charge is 2.27. The van der Waals surface area contributed by atoms with E-state index in [1.54, 1.807) is 67.6 Å². The molecule has 1 aliphatic carbocycles. The molecule has 0 radical (unpaired) electrons. The van der Waals surface area contributed by atoms with E-state index in [0.717, 1.165) is 260 Å². The SMILES string of the molecule is Cc1ccc(-n2c(-c3ccc(N4CCC(C)CC4)nc3)nc3ccncc32)cc1.Cc1ccc(-n2c(-c3ccc(N4CCCC4)nc3)nc3ccncc32)cn1.Cc1ccc(-n2c(-c3ccc(NC4CC4)nc3)nc3ccncc32)cc1.Fc1ccc(-n2c(-c3ccc(N4CCCCC4)nc3)nc3ccncc32)cc1.Fc1ccc(-n2c(-c3ccc(NCCN4CCOCC4)nc3)nc3ccncc32)cc1. The fourth-order valence-electron chi connectivity index (χ4n) is 18.3. The van der Waals surface area contributed by atoms with Gasteiger partial charge in [-0.2, -0.15) is 0 Å². The monoisotopic (exact) mass is 1870 g/mol. The third-order valence-corrected chi connectivity index (χ3v) is 26.2. The number of anilines is 5. The van der Waals surface area contributed by atoms with Gasteiger partial charge >= 0.3 is 0 Å². The Labute approximate surface area is 815 Å². The lowest BCUT2D eigenvalue weighted by atomic mass is 9.99. The van der Waals surface area contributed by atoms with Gasteiger partial charge in [0.2, 0.25) is 0 Å². The Kier molecular flexibility index (Phi) is 27.1. The summed E-state index contributed by atoms with van der Waals surface area (Å²) in [6, 6.07) is 64.7. The van der Waals surface area contributed by atoms with Crippen molar-refractivity contribution < 1.29 is 13.5 Å². The number of aryl methyl sites for hydroxylation is 3. The molecule has 4 aromatic carbocycles. The summed E-state index contributed by atoms with van der Waals surface area (Å²) in [6.07, 6.45) is 40.4. The highest BCUT2D eigenvalue weighted by atomic mass is 19.1. The Bertz CT molecular complexity index is 7620. The second kappa shape index (κ2) is 41.9. The van der Waals surface area contributed by atoms with Crippen LogP contribution in [-0.2, 0) is 4.74 Å². The average Bonchev–Trinajstić information content (AvgIpc) is 1.64. The van der Waals surface area contributed by atoms with Gasteiger partial charge in [-0.15, -0.1) is 0 Å². The van der Waals surface area contributed by atoms with Crippen LogP contribution in [0.2, 0.25) is 0 Å². The van der Waals surface area contributed by atoms with E-state index in [4.69, 9.17) is 44.6 Å². The second-order valence-electron chi connectivity index (χ2n) is 36.2. The fraction of sp³-hybridized carbons (Fsp3) is 0.243. The summed E-state index contributed by atoms with van der Waals surface area (Å²) in [6.45, 7) is 20.3. The van der Waals surface area contributed by atoms with Crippen LogP contribution in [0.25, 0.3) is 141 Å². The quantitative estimate of drug-likeness (QED) is 0.0761. The summed E-state index contributed by atoms with van der Waals surface area (Å²) in [5, 5.41) is 6.80. The van der Waals surface area contributed by atoms with Gasteiger partial charge in [-0.25, -0.2) is 58.6 Å². The number of hydrogen-bond acceptors (Lipinski definition) is 23. The number of imidazole rings is 5. The molecule has 25 rings (SSSR count). The average molecular weight is 1870 g/mol. The Morgan fingerprint density at radius 2 is 0.645 bits per heavy atom. The first kappa shape index (κ1) is 91.1. The number of benzene rings is 4. The molecule has 5 fully saturated rings. The zero-order valence-corrected chi connectivity index (χ0v) is 79.1. The van der Waals surface area contributed by atoms with Crippen LogP contribution in [0.4, 0.5) is 37.9 Å². The van der Waals surface area contributed by atoms with Crippen molar-refractivity contribution in [3.63, 3.8) is 0 Å². The van der Waals surface area contributed by atoms with Crippen molar-refractivity contribution in [2.24, 2.45) is 5.92 Å². The summed E-state index contributed by atoms with van der Waals surface area (Å²) in [5.41, 5.74) is 22.1. The Morgan fingerprint density at radius 3 is 0.986 bits per heavy atom. The lowest BCUT2D eigenvalue weighted by Crippen LogP contribution is -2.39. The Hall–Kier alpha value is -16.3. The zero-order chi connectivity index (χ0) is 95.5. The molecule has 0 atom stereocenters. The molecular weight excluding hydrogens is 1770 g/mol. The number of hydrogen-bond donors (Lipinski definition) is 2. The Morgan fingerprint density at radius 1 is 0.312 bits per heavy atom. The highest BCUT2D eigenvalue weighted by Crippen LogP contribution is 2.38. The van der Waals surface area contributed by atoms with Crippen LogP contribution >= 0.6 is 0 Å². The molecule has 4 saturated heterocycles. The summed E-state index contributed by atoms with van der Waals surface area (Å²) in [5.74, 6) is 9.26. The van der Waals surface area contributed by atoms with Gasteiger partial charge in [0.05, 0.1) is 111 Å². The number of halogens is 2. The first-order chi connectivity index (χ1) is 69.3.